The smallest absolute Gasteiger partial charge is 0.124 e. The summed E-state index contributed by atoms with van der Waals surface area (Å²) in [7, 11) is 3.34. The summed E-state index contributed by atoms with van der Waals surface area (Å²) in [6.45, 7) is 8.42. The molecule has 0 aliphatic rings. The number of benzene rings is 1. The van der Waals surface area contributed by atoms with Gasteiger partial charge >= 0.3 is 0 Å². The number of aliphatic hydroxyl groups is 1. The van der Waals surface area contributed by atoms with Crippen LogP contribution in [0, 0.1) is 6.92 Å². The van der Waals surface area contributed by atoms with Crippen molar-refractivity contribution in [1.82, 2.24) is 4.90 Å². The molecule has 120 valence electrons. The van der Waals surface area contributed by atoms with E-state index in [1.54, 1.807) is 14.2 Å². The molecule has 1 aromatic carbocycles. The summed E-state index contributed by atoms with van der Waals surface area (Å²) in [5.41, 5.74) is 1.97. The van der Waals surface area contributed by atoms with Gasteiger partial charge in [-0.1, -0.05) is 18.6 Å². The highest BCUT2D eigenvalue weighted by atomic mass is 16.5. The van der Waals surface area contributed by atoms with Gasteiger partial charge in [0.25, 0.3) is 0 Å². The Kier molecular flexibility index (Phi) is 7.72. The number of ether oxygens (including phenoxy) is 2. The van der Waals surface area contributed by atoms with Crippen LogP contribution < -0.4 is 4.74 Å². The molecule has 21 heavy (non-hydrogen) atoms. The maximum absolute atomic E-state index is 10.6. The fourth-order valence-electron chi connectivity index (χ4n) is 2.39. The third-order valence-corrected chi connectivity index (χ3v) is 3.95. The van der Waals surface area contributed by atoms with Crippen molar-refractivity contribution in [2.75, 3.05) is 33.9 Å². The number of aliphatic hydroxyl groups excluding tert-OH is 1. The number of aryl methyl sites for hydroxylation is 1. The number of rotatable bonds is 9. The Labute approximate surface area is 128 Å². The van der Waals surface area contributed by atoms with Crippen LogP contribution >= 0.6 is 0 Å². The minimum atomic E-state index is -0.564. The van der Waals surface area contributed by atoms with Crippen LogP contribution in [-0.4, -0.2) is 50.0 Å². The molecule has 1 rings (SSSR count). The molecule has 1 aromatic rings. The summed E-state index contributed by atoms with van der Waals surface area (Å²) >= 11 is 0. The van der Waals surface area contributed by atoms with Crippen LogP contribution in [0.25, 0.3) is 0 Å². The Morgan fingerprint density at radius 2 is 2.00 bits per heavy atom. The third-order valence-electron chi connectivity index (χ3n) is 3.95. The molecule has 0 fully saturated rings. The summed E-state index contributed by atoms with van der Waals surface area (Å²) in [4.78, 5) is 2.26. The van der Waals surface area contributed by atoms with Gasteiger partial charge in [0.15, 0.2) is 0 Å². The molecule has 0 saturated carbocycles. The molecule has 0 bridgehead atoms. The predicted molar refractivity (Wildman–Crippen MR) is 85.9 cm³/mol. The molecular weight excluding hydrogens is 266 g/mol. The summed E-state index contributed by atoms with van der Waals surface area (Å²) in [6, 6.07) is 6.31. The highest BCUT2D eigenvalue weighted by Gasteiger charge is 2.20. The Balaban J connectivity index is 2.85. The predicted octanol–water partition coefficient (Wildman–Crippen LogP) is 2.78. The van der Waals surface area contributed by atoms with Crippen molar-refractivity contribution >= 4 is 0 Å². The number of hydrogen-bond donors (Lipinski definition) is 1. The minimum Gasteiger partial charge on any atom is -0.496 e. The molecule has 4 heteroatoms. The van der Waals surface area contributed by atoms with Gasteiger partial charge in [-0.2, -0.15) is 0 Å². The summed E-state index contributed by atoms with van der Waals surface area (Å²) in [6.07, 6.45) is 0.479. The fourth-order valence-corrected chi connectivity index (χ4v) is 2.39. The first kappa shape index (κ1) is 18.0. The van der Waals surface area contributed by atoms with Gasteiger partial charge in [-0.3, -0.25) is 4.90 Å². The van der Waals surface area contributed by atoms with Crippen LogP contribution in [0.2, 0.25) is 0 Å². The molecule has 0 radical (unpaired) electrons. The number of methoxy groups -OCH3 is 2. The van der Waals surface area contributed by atoms with Crippen molar-refractivity contribution in [1.29, 1.82) is 0 Å². The Bertz CT molecular complexity index is 422. The third kappa shape index (κ3) is 5.30. The van der Waals surface area contributed by atoms with E-state index in [4.69, 9.17) is 9.47 Å². The van der Waals surface area contributed by atoms with Gasteiger partial charge in [0.2, 0.25) is 0 Å². The SMILES string of the molecule is CCC(C)N(CCOC)CC(O)c1cc(C)ccc1OC. The van der Waals surface area contributed by atoms with Crippen molar-refractivity contribution in [3.8, 4) is 5.75 Å². The van der Waals surface area contributed by atoms with Crippen LogP contribution in [0.15, 0.2) is 18.2 Å². The van der Waals surface area contributed by atoms with Crippen molar-refractivity contribution in [2.45, 2.75) is 39.3 Å². The van der Waals surface area contributed by atoms with E-state index in [0.717, 1.165) is 29.8 Å². The zero-order valence-electron chi connectivity index (χ0n) is 13.9. The van der Waals surface area contributed by atoms with E-state index in [1.807, 2.05) is 25.1 Å². The van der Waals surface area contributed by atoms with E-state index in [9.17, 15) is 5.11 Å². The van der Waals surface area contributed by atoms with Gasteiger partial charge in [-0.05, 0) is 32.4 Å². The molecule has 0 aromatic heterocycles. The highest BCUT2D eigenvalue weighted by molar-refractivity contribution is 5.38. The topological polar surface area (TPSA) is 41.9 Å². The lowest BCUT2D eigenvalue weighted by Gasteiger charge is -2.30. The summed E-state index contributed by atoms with van der Waals surface area (Å²) in [5, 5.41) is 10.6. The van der Waals surface area contributed by atoms with E-state index in [1.165, 1.54) is 0 Å². The molecule has 0 heterocycles. The first-order chi connectivity index (χ1) is 10.0. The molecule has 0 amide bonds. The molecule has 2 unspecified atom stereocenters. The van der Waals surface area contributed by atoms with E-state index in [-0.39, 0.29) is 0 Å². The standard InChI is InChI=1S/C17H29NO3/c1-6-14(3)18(9-10-20-4)12-16(19)15-11-13(2)7-8-17(15)21-5/h7-8,11,14,16,19H,6,9-10,12H2,1-5H3. The first-order valence-corrected chi connectivity index (χ1v) is 7.59. The zero-order chi connectivity index (χ0) is 15.8. The average Bonchev–Trinajstić information content (AvgIpc) is 2.50. The van der Waals surface area contributed by atoms with Gasteiger partial charge in [0, 0.05) is 31.8 Å². The second-order valence-electron chi connectivity index (χ2n) is 5.51. The van der Waals surface area contributed by atoms with Gasteiger partial charge in [0.1, 0.15) is 5.75 Å². The van der Waals surface area contributed by atoms with E-state index in [2.05, 4.69) is 18.7 Å². The first-order valence-electron chi connectivity index (χ1n) is 7.59. The van der Waals surface area contributed by atoms with Crippen LogP contribution in [0.5, 0.6) is 5.75 Å². The number of hydrogen-bond acceptors (Lipinski definition) is 4. The molecule has 1 N–H and O–H groups in total. The molecule has 4 nitrogen and oxygen atoms in total. The van der Waals surface area contributed by atoms with Crippen molar-refractivity contribution in [3.63, 3.8) is 0 Å². The molecular formula is C17H29NO3. The van der Waals surface area contributed by atoms with Crippen molar-refractivity contribution in [2.24, 2.45) is 0 Å². The van der Waals surface area contributed by atoms with Gasteiger partial charge in [-0.25, -0.2) is 0 Å². The lowest BCUT2D eigenvalue weighted by molar-refractivity contribution is 0.0656. The molecule has 0 saturated heterocycles. The Hall–Kier alpha value is -1.10. The van der Waals surface area contributed by atoms with Gasteiger partial charge in [0.05, 0.1) is 19.8 Å². The molecule has 2 atom stereocenters. The monoisotopic (exact) mass is 295 g/mol. The molecule has 0 spiro atoms. The average molecular weight is 295 g/mol. The molecule has 0 aliphatic carbocycles. The molecule has 0 aliphatic heterocycles. The normalized spacial score (nSPS) is 14.2. The van der Waals surface area contributed by atoms with Crippen LogP contribution in [0.1, 0.15) is 37.5 Å². The Morgan fingerprint density at radius 3 is 2.57 bits per heavy atom. The largest absolute Gasteiger partial charge is 0.496 e. The maximum atomic E-state index is 10.6. The second-order valence-corrected chi connectivity index (χ2v) is 5.51. The van der Waals surface area contributed by atoms with E-state index >= 15 is 0 Å². The summed E-state index contributed by atoms with van der Waals surface area (Å²) in [5.74, 6) is 0.740. The zero-order valence-corrected chi connectivity index (χ0v) is 13.9. The van der Waals surface area contributed by atoms with Crippen LogP contribution in [0.3, 0.4) is 0 Å². The maximum Gasteiger partial charge on any atom is 0.124 e. The van der Waals surface area contributed by atoms with Crippen molar-refractivity contribution in [3.05, 3.63) is 29.3 Å². The summed E-state index contributed by atoms with van der Waals surface area (Å²) < 4.78 is 10.5. The fraction of sp³-hybridized carbons (Fsp3) is 0.647. The minimum absolute atomic E-state index is 0.408. The number of nitrogens with zero attached hydrogens (tertiary/aromatic N) is 1. The van der Waals surface area contributed by atoms with Gasteiger partial charge in [-0.15, -0.1) is 0 Å². The second kappa shape index (κ2) is 9.03. The quantitative estimate of drug-likeness (QED) is 0.760. The lowest BCUT2D eigenvalue weighted by atomic mass is 10.0. The lowest BCUT2D eigenvalue weighted by Crippen LogP contribution is -2.38. The van der Waals surface area contributed by atoms with Crippen molar-refractivity contribution < 1.29 is 14.6 Å². The van der Waals surface area contributed by atoms with Crippen LogP contribution in [-0.2, 0) is 4.74 Å². The Morgan fingerprint density at radius 1 is 1.29 bits per heavy atom. The highest BCUT2D eigenvalue weighted by Crippen LogP contribution is 2.27. The van der Waals surface area contributed by atoms with Gasteiger partial charge < -0.3 is 14.6 Å². The van der Waals surface area contributed by atoms with E-state index in [0.29, 0.717) is 19.2 Å². The van der Waals surface area contributed by atoms with E-state index < -0.39 is 6.10 Å². The van der Waals surface area contributed by atoms with Crippen LogP contribution in [0.4, 0.5) is 0 Å².